The van der Waals surface area contributed by atoms with Crippen molar-refractivity contribution in [2.75, 3.05) is 6.54 Å². The predicted octanol–water partition coefficient (Wildman–Crippen LogP) is 3.82. The van der Waals surface area contributed by atoms with E-state index in [0.29, 0.717) is 6.04 Å². The van der Waals surface area contributed by atoms with E-state index in [-0.39, 0.29) is 0 Å². The summed E-state index contributed by atoms with van der Waals surface area (Å²) in [4.78, 5) is 0. The van der Waals surface area contributed by atoms with Crippen molar-refractivity contribution in [3.63, 3.8) is 0 Å². The Morgan fingerprint density at radius 1 is 1.16 bits per heavy atom. The van der Waals surface area contributed by atoms with Crippen LogP contribution in [-0.4, -0.2) is 11.1 Å². The molecule has 0 unspecified atom stereocenters. The molecule has 1 N–H and O–H groups in total. The summed E-state index contributed by atoms with van der Waals surface area (Å²) in [5.74, 6) is 0. The molecule has 19 heavy (non-hydrogen) atoms. The SMILES string of the molecule is CCNCc1cc(C)n([C@@H](C)c2ccccc2)c1C. The molecule has 0 radical (unpaired) electrons. The monoisotopic (exact) mass is 256 g/mol. The summed E-state index contributed by atoms with van der Waals surface area (Å²) in [5.41, 5.74) is 5.47. The molecule has 2 heteroatoms. The predicted molar refractivity (Wildman–Crippen MR) is 81.5 cm³/mol. The van der Waals surface area contributed by atoms with Crippen molar-refractivity contribution in [3.05, 3.63) is 58.9 Å². The lowest BCUT2D eigenvalue weighted by atomic mass is 10.1. The molecule has 2 nitrogen and oxygen atoms in total. The van der Waals surface area contributed by atoms with Gasteiger partial charge < -0.3 is 9.88 Å². The standard InChI is InChI=1S/C17H24N2/c1-5-18-12-17-11-13(2)19(15(17)4)14(3)16-9-7-6-8-10-16/h6-11,14,18H,5,12H2,1-4H3/t14-/m0/s1. The van der Waals surface area contributed by atoms with Crippen LogP contribution < -0.4 is 5.32 Å². The van der Waals surface area contributed by atoms with Gasteiger partial charge in [-0.1, -0.05) is 37.3 Å². The van der Waals surface area contributed by atoms with Crippen LogP contribution in [0.4, 0.5) is 0 Å². The largest absolute Gasteiger partial charge is 0.342 e. The maximum absolute atomic E-state index is 3.41. The van der Waals surface area contributed by atoms with Gasteiger partial charge in [-0.2, -0.15) is 0 Å². The highest BCUT2D eigenvalue weighted by Gasteiger charge is 2.14. The third-order valence-corrected chi connectivity index (χ3v) is 3.82. The van der Waals surface area contributed by atoms with E-state index in [0.717, 1.165) is 13.1 Å². The third-order valence-electron chi connectivity index (χ3n) is 3.82. The number of rotatable bonds is 5. The highest BCUT2D eigenvalue weighted by molar-refractivity contribution is 5.30. The summed E-state index contributed by atoms with van der Waals surface area (Å²) in [6.07, 6.45) is 0. The van der Waals surface area contributed by atoms with E-state index in [1.807, 2.05) is 0 Å². The lowest BCUT2D eigenvalue weighted by Gasteiger charge is -2.19. The number of aromatic nitrogens is 1. The third kappa shape index (κ3) is 2.90. The van der Waals surface area contributed by atoms with Crippen molar-refractivity contribution in [1.82, 2.24) is 9.88 Å². The highest BCUT2D eigenvalue weighted by atomic mass is 15.0. The zero-order valence-electron chi connectivity index (χ0n) is 12.4. The molecular formula is C17H24N2. The molecule has 2 rings (SSSR count). The van der Waals surface area contributed by atoms with Crippen LogP contribution >= 0.6 is 0 Å². The van der Waals surface area contributed by atoms with E-state index in [9.17, 15) is 0 Å². The van der Waals surface area contributed by atoms with E-state index in [1.54, 1.807) is 0 Å². The van der Waals surface area contributed by atoms with Crippen LogP contribution in [0, 0.1) is 13.8 Å². The Kier molecular flexibility index (Phi) is 4.43. The van der Waals surface area contributed by atoms with Gasteiger partial charge in [-0.15, -0.1) is 0 Å². The first kappa shape index (κ1) is 13.9. The van der Waals surface area contributed by atoms with Crippen molar-refractivity contribution in [3.8, 4) is 0 Å². The zero-order valence-corrected chi connectivity index (χ0v) is 12.4. The number of hydrogen-bond donors (Lipinski definition) is 1. The summed E-state index contributed by atoms with van der Waals surface area (Å²) in [6.45, 7) is 10.8. The Balaban J connectivity index is 2.32. The Hall–Kier alpha value is -1.54. The van der Waals surface area contributed by atoms with Gasteiger partial charge in [0.1, 0.15) is 0 Å². The smallest absolute Gasteiger partial charge is 0.0556 e. The van der Waals surface area contributed by atoms with Crippen LogP contribution in [0.1, 0.15) is 42.4 Å². The second kappa shape index (κ2) is 6.07. The van der Waals surface area contributed by atoms with Gasteiger partial charge in [0.15, 0.2) is 0 Å². The molecule has 0 bridgehead atoms. The molecule has 1 aromatic carbocycles. The van der Waals surface area contributed by atoms with E-state index in [2.05, 4.69) is 74.0 Å². The Morgan fingerprint density at radius 2 is 1.84 bits per heavy atom. The highest BCUT2D eigenvalue weighted by Crippen LogP contribution is 2.25. The molecule has 0 saturated carbocycles. The molecule has 0 spiro atoms. The minimum absolute atomic E-state index is 0.386. The first-order valence-electron chi connectivity index (χ1n) is 7.08. The fraction of sp³-hybridized carbons (Fsp3) is 0.412. The van der Waals surface area contributed by atoms with Gasteiger partial charge in [0.25, 0.3) is 0 Å². The molecule has 1 atom stereocenters. The topological polar surface area (TPSA) is 17.0 Å². The summed E-state index contributed by atoms with van der Waals surface area (Å²) < 4.78 is 2.43. The van der Waals surface area contributed by atoms with Gasteiger partial charge >= 0.3 is 0 Å². The van der Waals surface area contributed by atoms with Crippen LogP contribution in [0.3, 0.4) is 0 Å². The average Bonchev–Trinajstić information content (AvgIpc) is 2.71. The van der Waals surface area contributed by atoms with Crippen molar-refractivity contribution in [2.45, 2.75) is 40.3 Å². The number of aryl methyl sites for hydroxylation is 1. The van der Waals surface area contributed by atoms with E-state index >= 15 is 0 Å². The van der Waals surface area contributed by atoms with Crippen LogP contribution in [0.5, 0.6) is 0 Å². The lowest BCUT2D eigenvalue weighted by Crippen LogP contribution is -2.14. The van der Waals surface area contributed by atoms with Gasteiger partial charge in [-0.05, 0) is 44.5 Å². The van der Waals surface area contributed by atoms with E-state index in [4.69, 9.17) is 0 Å². The fourth-order valence-electron chi connectivity index (χ4n) is 2.76. The van der Waals surface area contributed by atoms with Crippen LogP contribution in [0.2, 0.25) is 0 Å². The lowest BCUT2D eigenvalue weighted by molar-refractivity contribution is 0.605. The fourth-order valence-corrected chi connectivity index (χ4v) is 2.76. The molecule has 1 heterocycles. The van der Waals surface area contributed by atoms with Gasteiger partial charge in [-0.3, -0.25) is 0 Å². The number of nitrogens with zero attached hydrogens (tertiary/aromatic N) is 1. The molecule has 0 aliphatic carbocycles. The second-order valence-electron chi connectivity index (χ2n) is 5.13. The summed E-state index contributed by atoms with van der Waals surface area (Å²) in [7, 11) is 0. The van der Waals surface area contributed by atoms with Crippen LogP contribution in [-0.2, 0) is 6.54 Å². The first-order chi connectivity index (χ1) is 9.15. The first-order valence-corrected chi connectivity index (χ1v) is 7.08. The second-order valence-corrected chi connectivity index (χ2v) is 5.13. The van der Waals surface area contributed by atoms with Crippen molar-refractivity contribution >= 4 is 0 Å². The molecule has 102 valence electrons. The van der Waals surface area contributed by atoms with Crippen molar-refractivity contribution < 1.29 is 0 Å². The Labute approximate surface area is 116 Å². The number of nitrogens with one attached hydrogen (secondary N) is 1. The van der Waals surface area contributed by atoms with E-state index < -0.39 is 0 Å². The Morgan fingerprint density at radius 3 is 2.47 bits per heavy atom. The Bertz CT molecular complexity index is 526. The molecule has 0 saturated heterocycles. The molecule has 2 aromatic rings. The van der Waals surface area contributed by atoms with Gasteiger partial charge in [0, 0.05) is 17.9 Å². The molecule has 0 fully saturated rings. The normalized spacial score (nSPS) is 12.6. The van der Waals surface area contributed by atoms with Crippen molar-refractivity contribution in [1.29, 1.82) is 0 Å². The molecule has 0 aliphatic heterocycles. The minimum Gasteiger partial charge on any atom is -0.342 e. The average molecular weight is 256 g/mol. The van der Waals surface area contributed by atoms with Gasteiger partial charge in [0.05, 0.1) is 6.04 Å². The maximum Gasteiger partial charge on any atom is 0.0556 e. The molecule has 1 aromatic heterocycles. The maximum atomic E-state index is 3.41. The van der Waals surface area contributed by atoms with E-state index in [1.165, 1.54) is 22.5 Å². The minimum atomic E-state index is 0.386. The number of hydrogen-bond acceptors (Lipinski definition) is 1. The van der Waals surface area contributed by atoms with Crippen LogP contribution in [0.25, 0.3) is 0 Å². The number of benzene rings is 1. The quantitative estimate of drug-likeness (QED) is 0.860. The summed E-state index contributed by atoms with van der Waals surface area (Å²) >= 11 is 0. The zero-order chi connectivity index (χ0) is 13.8. The van der Waals surface area contributed by atoms with Crippen LogP contribution in [0.15, 0.2) is 36.4 Å². The summed E-state index contributed by atoms with van der Waals surface area (Å²) in [5, 5.41) is 3.41. The molecular weight excluding hydrogens is 232 g/mol. The van der Waals surface area contributed by atoms with Crippen molar-refractivity contribution in [2.24, 2.45) is 0 Å². The van der Waals surface area contributed by atoms with Gasteiger partial charge in [-0.25, -0.2) is 0 Å². The molecule has 0 aliphatic rings. The van der Waals surface area contributed by atoms with Gasteiger partial charge in [0.2, 0.25) is 0 Å². The molecule has 0 amide bonds. The summed E-state index contributed by atoms with van der Waals surface area (Å²) in [6, 6.07) is 13.4.